The second-order valence-electron chi connectivity index (χ2n) is 8.44. The van der Waals surface area contributed by atoms with Crippen LogP contribution in [0.1, 0.15) is 47.2 Å². The molecule has 162 valence electrons. The first-order chi connectivity index (χ1) is 15.4. The molecular formula is C24H22N4O4. The van der Waals surface area contributed by atoms with Crippen LogP contribution < -0.4 is 10.0 Å². The van der Waals surface area contributed by atoms with Crippen LogP contribution in [0.2, 0.25) is 0 Å². The molecule has 2 aromatic heterocycles. The van der Waals surface area contributed by atoms with Crippen LogP contribution in [0.4, 0.5) is 5.95 Å². The topological polar surface area (TPSA) is 108 Å². The highest BCUT2D eigenvalue weighted by Gasteiger charge is 2.49. The maximum Gasteiger partial charge on any atom is 0.345 e. The van der Waals surface area contributed by atoms with Crippen molar-refractivity contribution in [3.8, 4) is 11.1 Å². The smallest absolute Gasteiger partial charge is 0.345 e. The van der Waals surface area contributed by atoms with Crippen molar-refractivity contribution in [3.05, 3.63) is 77.0 Å². The second kappa shape index (κ2) is 7.71. The third-order valence-corrected chi connectivity index (χ3v) is 6.34. The number of carbonyl (C=O) groups excluding carboxylic acids is 2. The molecular weight excluding hydrogens is 408 g/mol. The number of fused-ring (bicyclic) bond motifs is 2. The van der Waals surface area contributed by atoms with E-state index in [9.17, 15) is 14.8 Å². The predicted octanol–water partition coefficient (Wildman–Crippen LogP) is 3.28. The molecule has 0 unspecified atom stereocenters. The fourth-order valence-corrected chi connectivity index (χ4v) is 4.62. The van der Waals surface area contributed by atoms with Gasteiger partial charge in [0.05, 0.1) is 0 Å². The molecule has 0 atom stereocenters. The summed E-state index contributed by atoms with van der Waals surface area (Å²) >= 11 is 0. The summed E-state index contributed by atoms with van der Waals surface area (Å²) in [7, 11) is 0. The molecule has 3 heterocycles. The molecule has 8 heteroatoms. The zero-order chi connectivity index (χ0) is 22.3. The van der Waals surface area contributed by atoms with Crippen molar-refractivity contribution in [2.45, 2.75) is 38.2 Å². The van der Waals surface area contributed by atoms with Gasteiger partial charge in [0.15, 0.2) is 12.4 Å². The molecule has 1 N–H and O–H groups in total. The minimum absolute atomic E-state index is 0.141. The van der Waals surface area contributed by atoms with Gasteiger partial charge in [0.25, 0.3) is 0 Å². The van der Waals surface area contributed by atoms with Crippen molar-refractivity contribution in [2.24, 2.45) is 5.92 Å². The zero-order valence-corrected chi connectivity index (χ0v) is 17.6. The number of amides is 1. The van der Waals surface area contributed by atoms with Gasteiger partial charge in [-0.3, -0.25) is 10.1 Å². The Kier molecular flexibility index (Phi) is 4.84. The van der Waals surface area contributed by atoms with Crippen LogP contribution in [0.15, 0.2) is 55.1 Å². The Bertz CT molecular complexity index is 1200. The van der Waals surface area contributed by atoms with E-state index >= 15 is 0 Å². The zero-order valence-electron chi connectivity index (χ0n) is 17.6. The Balaban J connectivity index is 1.24. The minimum Gasteiger partial charge on any atom is -0.619 e. The minimum atomic E-state index is -0.747. The summed E-state index contributed by atoms with van der Waals surface area (Å²) in [4.78, 5) is 33.6. The highest BCUT2D eigenvalue weighted by atomic mass is 16.6. The van der Waals surface area contributed by atoms with E-state index in [0.717, 1.165) is 22.3 Å². The van der Waals surface area contributed by atoms with Crippen molar-refractivity contribution in [1.82, 2.24) is 9.97 Å². The van der Waals surface area contributed by atoms with Crippen molar-refractivity contribution in [2.75, 3.05) is 5.32 Å². The van der Waals surface area contributed by atoms with Crippen LogP contribution in [0, 0.1) is 18.0 Å². The number of hydrogen-bond donors (Lipinski definition) is 1. The summed E-state index contributed by atoms with van der Waals surface area (Å²) in [5.41, 5.74) is 3.36. The highest BCUT2D eigenvalue weighted by molar-refractivity contribution is 5.94. The van der Waals surface area contributed by atoms with E-state index in [1.54, 1.807) is 18.5 Å². The van der Waals surface area contributed by atoms with Gasteiger partial charge in [0.2, 0.25) is 11.9 Å². The van der Waals surface area contributed by atoms with Crippen molar-refractivity contribution in [3.63, 3.8) is 0 Å². The molecule has 0 radical (unpaired) electrons. The molecule has 2 aliphatic rings. The van der Waals surface area contributed by atoms with Gasteiger partial charge >= 0.3 is 5.97 Å². The van der Waals surface area contributed by atoms with Gasteiger partial charge in [-0.25, -0.2) is 14.8 Å². The Hall–Kier alpha value is -3.81. The number of esters is 1. The van der Waals surface area contributed by atoms with Gasteiger partial charge in [0.1, 0.15) is 11.2 Å². The molecule has 8 nitrogen and oxygen atoms in total. The summed E-state index contributed by atoms with van der Waals surface area (Å²) in [6.07, 6.45) is 8.20. The van der Waals surface area contributed by atoms with Crippen LogP contribution in [-0.2, 0) is 15.1 Å². The summed E-state index contributed by atoms with van der Waals surface area (Å²) < 4.78 is 6.28. The molecule has 0 bridgehead atoms. The summed E-state index contributed by atoms with van der Waals surface area (Å²) in [6, 6.07) is 9.70. The number of hydrogen-bond acceptors (Lipinski definition) is 6. The molecule has 3 aromatic rings. The van der Waals surface area contributed by atoms with Gasteiger partial charge in [-0.1, -0.05) is 29.8 Å². The summed E-state index contributed by atoms with van der Waals surface area (Å²) in [5.74, 6) is -0.575. The predicted molar refractivity (Wildman–Crippen MR) is 115 cm³/mol. The molecule has 1 spiro atoms. The number of carbonyl (C=O) groups is 2. The molecule has 1 aliphatic heterocycles. The first kappa shape index (κ1) is 20.1. The lowest BCUT2D eigenvalue weighted by Gasteiger charge is -2.35. The van der Waals surface area contributed by atoms with E-state index in [1.807, 2.05) is 25.1 Å². The van der Waals surface area contributed by atoms with Crippen molar-refractivity contribution >= 4 is 17.8 Å². The number of rotatable bonds is 3. The quantitative estimate of drug-likeness (QED) is 0.388. The molecule has 1 saturated carbocycles. The van der Waals surface area contributed by atoms with Gasteiger partial charge in [0, 0.05) is 35.5 Å². The number of aryl methyl sites for hydroxylation is 1. The summed E-state index contributed by atoms with van der Waals surface area (Å²) in [6.45, 7) is 2.03. The fraction of sp³-hybridized carbons (Fsp3) is 0.292. The lowest BCUT2D eigenvalue weighted by atomic mass is 9.75. The number of pyridine rings is 1. The Morgan fingerprint density at radius 3 is 2.66 bits per heavy atom. The van der Waals surface area contributed by atoms with Crippen molar-refractivity contribution in [1.29, 1.82) is 0 Å². The highest BCUT2D eigenvalue weighted by Crippen LogP contribution is 2.47. The molecule has 32 heavy (non-hydrogen) atoms. The number of benzene rings is 1. The number of anilines is 1. The largest absolute Gasteiger partial charge is 0.619 e. The van der Waals surface area contributed by atoms with Crippen LogP contribution >= 0.6 is 0 Å². The molecule has 1 aliphatic carbocycles. The van der Waals surface area contributed by atoms with Gasteiger partial charge < -0.3 is 9.94 Å². The number of aromatic nitrogens is 3. The Labute approximate surface area is 184 Å². The number of nitrogens with one attached hydrogen (secondary N) is 1. The van der Waals surface area contributed by atoms with E-state index in [0.29, 0.717) is 36.0 Å². The van der Waals surface area contributed by atoms with Crippen LogP contribution in [-0.4, -0.2) is 21.8 Å². The maximum absolute atomic E-state index is 12.8. The number of nitrogens with zero attached hydrogens (tertiary/aromatic N) is 3. The van der Waals surface area contributed by atoms with Crippen molar-refractivity contribution < 1.29 is 19.1 Å². The van der Waals surface area contributed by atoms with Gasteiger partial charge in [-0.2, -0.15) is 4.73 Å². The fourth-order valence-electron chi connectivity index (χ4n) is 4.62. The van der Waals surface area contributed by atoms with Crippen LogP contribution in [0.3, 0.4) is 0 Å². The van der Waals surface area contributed by atoms with Gasteiger partial charge in [-0.05, 0) is 38.2 Å². The SMILES string of the molecule is Cc1cccc(-c2cnc(NC(=O)[C@H]3CC[C@@]4(CC3)OC(=O)c3c[n+]([O-])ccc34)nc2)c1. The number of ether oxygens (including phenoxy) is 1. The standard InChI is InChI=1S/C24H22N4O4/c1-15-3-2-4-17(11-15)18-12-25-23(26-13-18)27-21(29)16-5-8-24(9-6-16)20-7-10-28(31)14-19(20)22(30)32-24/h2-4,7,10-14,16H,5-6,8-9H2,1H3,(H,25,26,27,29)/t16-,24-. The molecule has 1 amide bonds. The lowest BCUT2D eigenvalue weighted by Crippen LogP contribution is -2.36. The maximum atomic E-state index is 12.8. The van der Waals surface area contributed by atoms with Crippen LogP contribution in [0.5, 0.6) is 0 Å². The Morgan fingerprint density at radius 1 is 1.19 bits per heavy atom. The molecule has 1 fully saturated rings. The molecule has 1 aromatic carbocycles. The first-order valence-corrected chi connectivity index (χ1v) is 10.6. The average Bonchev–Trinajstić information content (AvgIpc) is 3.05. The Morgan fingerprint density at radius 2 is 1.94 bits per heavy atom. The first-order valence-electron chi connectivity index (χ1n) is 10.6. The molecule has 5 rings (SSSR count). The second-order valence-corrected chi connectivity index (χ2v) is 8.44. The lowest BCUT2D eigenvalue weighted by molar-refractivity contribution is -0.605. The average molecular weight is 430 g/mol. The van der Waals surface area contributed by atoms with E-state index < -0.39 is 11.6 Å². The normalized spacial score (nSPS) is 21.8. The molecule has 0 saturated heterocycles. The monoisotopic (exact) mass is 430 g/mol. The van der Waals surface area contributed by atoms with Crippen LogP contribution in [0.25, 0.3) is 11.1 Å². The van der Waals surface area contributed by atoms with E-state index in [2.05, 4.69) is 21.4 Å². The van der Waals surface area contributed by atoms with E-state index in [-0.39, 0.29) is 17.8 Å². The third-order valence-electron chi connectivity index (χ3n) is 6.34. The van der Waals surface area contributed by atoms with E-state index in [4.69, 9.17) is 4.74 Å². The van der Waals surface area contributed by atoms with E-state index in [1.165, 1.54) is 12.4 Å². The summed E-state index contributed by atoms with van der Waals surface area (Å²) in [5, 5.41) is 14.3. The van der Waals surface area contributed by atoms with Gasteiger partial charge in [-0.15, -0.1) is 0 Å². The third kappa shape index (κ3) is 3.57.